The summed E-state index contributed by atoms with van der Waals surface area (Å²) in [7, 11) is 2.18. The first-order chi connectivity index (χ1) is 15.9. The standard InChI is InChI=1S/C17H19N4S.C7H8NO3.H3P.W.Y/c1-12-11-13-16(21-9-7-20(2)8-10-21)18-14-5-3-4-6-15(14)19-17(13)22-12;1-5-4-6(10)8(2-3-9)7(5)11;;;/h3-6,11H,7-10H2,1-2H3;5H,2,4H2,1H3;1H3;;/q2*-1;;;. The summed E-state index contributed by atoms with van der Waals surface area (Å²) in [5.41, 5.74) is 3.12. The van der Waals surface area contributed by atoms with Gasteiger partial charge in [0, 0.05) is 103 Å². The molecular weight excluding hydrogens is 742 g/mol. The Bertz CT molecular complexity index is 1110. The minimum atomic E-state index is -0.272. The quantitative estimate of drug-likeness (QED) is 0.265. The van der Waals surface area contributed by atoms with Crippen LogP contribution in [0.15, 0.2) is 35.3 Å². The van der Waals surface area contributed by atoms with Gasteiger partial charge < -0.3 is 24.8 Å². The predicted molar refractivity (Wildman–Crippen MR) is 141 cm³/mol. The molecule has 191 valence electrons. The Labute approximate surface area is 259 Å². The molecule has 2 atom stereocenters. The van der Waals surface area contributed by atoms with Crippen LogP contribution in [0, 0.1) is 12.8 Å². The Morgan fingerprint density at radius 1 is 1.17 bits per heavy atom. The van der Waals surface area contributed by atoms with Crippen LogP contribution in [0.25, 0.3) is 5.32 Å². The zero-order valence-electron chi connectivity index (χ0n) is 20.8. The Hall–Kier alpha value is -0.818. The third kappa shape index (κ3) is 7.61. The molecule has 4 heterocycles. The number of fused-ring (bicyclic) bond motifs is 2. The van der Waals surface area contributed by atoms with Crippen LogP contribution in [0.3, 0.4) is 0 Å². The number of aliphatic imine (C=N–C) groups is 1. The summed E-state index contributed by atoms with van der Waals surface area (Å²) in [4.78, 5) is 43.8. The first-order valence-electron chi connectivity index (χ1n) is 11.0. The summed E-state index contributed by atoms with van der Waals surface area (Å²) in [6.07, 6.45) is 1.75. The fraction of sp³-hybridized carbons (Fsp3) is 0.417. The van der Waals surface area contributed by atoms with Crippen molar-refractivity contribution in [2.24, 2.45) is 10.9 Å². The molecule has 2 amide bonds. The first-order valence-corrected chi connectivity index (χ1v) is 11.8. The largest absolute Gasteiger partial charge is 0.647 e. The van der Waals surface area contributed by atoms with Crippen molar-refractivity contribution in [3.05, 3.63) is 46.1 Å². The molecule has 2 saturated heterocycles. The molecule has 1 aromatic heterocycles. The van der Waals surface area contributed by atoms with Crippen LogP contribution in [0.2, 0.25) is 0 Å². The number of imide groups is 1. The molecule has 5 rings (SSSR count). The molecule has 0 saturated carbocycles. The summed E-state index contributed by atoms with van der Waals surface area (Å²) in [5.74, 6) is 0.279. The van der Waals surface area contributed by atoms with Gasteiger partial charge in [0.2, 0.25) is 11.8 Å². The van der Waals surface area contributed by atoms with Crippen LogP contribution >= 0.6 is 21.2 Å². The van der Waals surface area contributed by atoms with E-state index >= 15 is 0 Å². The Kier molecular flexibility index (Phi) is 13.8. The number of aryl methyl sites for hydroxylation is 1. The summed E-state index contributed by atoms with van der Waals surface area (Å²) < 4.78 is 0. The van der Waals surface area contributed by atoms with Crippen LogP contribution in [-0.2, 0) is 68.2 Å². The average molecular weight is 772 g/mol. The van der Waals surface area contributed by atoms with Gasteiger partial charge in [-0.2, -0.15) is 21.2 Å². The number of likely N-dealkylation sites (N-methyl/N-ethyl adjacent to an activating group) is 1. The van der Waals surface area contributed by atoms with Gasteiger partial charge in [0.1, 0.15) is 5.84 Å². The second-order valence-electron chi connectivity index (χ2n) is 8.47. The van der Waals surface area contributed by atoms with Crippen LogP contribution < -0.4 is 0 Å². The molecular formula is C24H30N5O3PSWY-2. The monoisotopic (exact) mass is 772 g/mol. The Morgan fingerprint density at radius 3 is 2.44 bits per heavy atom. The van der Waals surface area contributed by atoms with Gasteiger partial charge >= 0.3 is 0 Å². The normalized spacial score (nSPS) is 18.5. The number of rotatable bonds is 2. The number of likely N-dealkylation sites (tertiary alicyclic amines) is 1. The van der Waals surface area contributed by atoms with Crippen molar-refractivity contribution < 1.29 is 68.2 Å². The Morgan fingerprint density at radius 2 is 1.83 bits per heavy atom. The first kappa shape index (κ1) is 33.2. The number of carbonyl (C=O) groups excluding carboxylic acids is 3. The van der Waals surface area contributed by atoms with E-state index in [0.717, 1.165) is 53.3 Å². The molecule has 2 fully saturated rings. The van der Waals surface area contributed by atoms with Crippen molar-refractivity contribution >= 4 is 61.5 Å². The third-order valence-electron chi connectivity index (χ3n) is 5.90. The Balaban J connectivity index is 0.000000401. The average Bonchev–Trinajstić information content (AvgIpc) is 3.22. The van der Waals surface area contributed by atoms with Gasteiger partial charge in [-0.15, -0.1) is 5.69 Å². The fourth-order valence-electron chi connectivity index (χ4n) is 4.02. The topological polar surface area (TPSA) is 87.4 Å². The van der Waals surface area contributed by atoms with Crippen molar-refractivity contribution in [2.75, 3.05) is 39.8 Å². The molecule has 2 aromatic rings. The number of hydrogen-bond donors (Lipinski definition) is 0. The van der Waals surface area contributed by atoms with E-state index in [1.165, 1.54) is 16.7 Å². The number of para-hydroxylation sites is 2. The number of piperazine rings is 1. The van der Waals surface area contributed by atoms with E-state index in [9.17, 15) is 14.4 Å². The van der Waals surface area contributed by atoms with E-state index in [0.29, 0.717) is 0 Å². The van der Waals surface area contributed by atoms with E-state index < -0.39 is 0 Å². The van der Waals surface area contributed by atoms with Gasteiger partial charge in [-0.1, -0.05) is 36.7 Å². The van der Waals surface area contributed by atoms with Gasteiger partial charge in [0.25, 0.3) is 0 Å². The zero-order valence-corrected chi connectivity index (χ0v) is 28.8. The van der Waals surface area contributed by atoms with Gasteiger partial charge in [0.15, 0.2) is 0 Å². The fourth-order valence-corrected chi connectivity index (χ4v) is 4.91. The number of amides is 2. The molecule has 1 aromatic carbocycles. The SMILES string of the molecule is CC1CC(=O)N(C[C-]=O)C1=O.Cc1cc2c(s1)[N-]c1ccccc1N=C2N1CCN(C)CC1.P.[W].[Y]. The predicted octanol–water partition coefficient (Wildman–Crippen LogP) is 3.58. The number of hydrogen-bond acceptors (Lipinski definition) is 7. The third-order valence-corrected chi connectivity index (χ3v) is 6.85. The molecule has 1 radical (unpaired) electrons. The maximum Gasteiger partial charge on any atom is 0.230 e. The minimum Gasteiger partial charge on any atom is -0.647 e. The molecule has 36 heavy (non-hydrogen) atoms. The van der Waals surface area contributed by atoms with E-state index in [1.54, 1.807) is 18.3 Å². The van der Waals surface area contributed by atoms with E-state index in [-0.39, 0.29) is 94.4 Å². The second-order valence-corrected chi connectivity index (χ2v) is 9.70. The molecule has 3 aliphatic heterocycles. The molecule has 0 spiro atoms. The molecule has 0 N–H and O–H groups in total. The minimum absolute atomic E-state index is 0. The molecule has 0 aliphatic carbocycles. The van der Waals surface area contributed by atoms with Gasteiger partial charge in [-0.25, -0.2) is 11.3 Å². The van der Waals surface area contributed by atoms with Crippen molar-refractivity contribution in [1.29, 1.82) is 0 Å². The van der Waals surface area contributed by atoms with Crippen molar-refractivity contribution in [3.63, 3.8) is 0 Å². The van der Waals surface area contributed by atoms with E-state index in [4.69, 9.17) is 10.3 Å². The summed E-state index contributed by atoms with van der Waals surface area (Å²) in [5, 5.41) is 5.93. The summed E-state index contributed by atoms with van der Waals surface area (Å²) in [6, 6.07) is 10.4. The molecule has 0 bridgehead atoms. The summed E-state index contributed by atoms with van der Waals surface area (Å²) >= 11 is 1.75. The maximum atomic E-state index is 11.0. The van der Waals surface area contributed by atoms with Crippen LogP contribution in [-0.4, -0.2) is 78.4 Å². The number of thiophene rings is 1. The van der Waals surface area contributed by atoms with Crippen molar-refractivity contribution in [3.8, 4) is 0 Å². The second kappa shape index (κ2) is 14.9. The molecule has 2 unspecified atom stereocenters. The van der Waals surface area contributed by atoms with Crippen molar-refractivity contribution in [1.82, 2.24) is 14.7 Å². The maximum absolute atomic E-state index is 11.0. The van der Waals surface area contributed by atoms with Crippen LogP contribution in [0.5, 0.6) is 0 Å². The number of amidine groups is 1. The number of carbonyl (C=O) groups is 2. The summed E-state index contributed by atoms with van der Waals surface area (Å²) in [6.45, 7) is 7.79. The number of benzene rings is 1. The van der Waals surface area contributed by atoms with Gasteiger partial charge in [0.05, 0.1) is 5.69 Å². The van der Waals surface area contributed by atoms with Crippen molar-refractivity contribution in [2.45, 2.75) is 20.3 Å². The van der Waals surface area contributed by atoms with Crippen LogP contribution in [0.1, 0.15) is 23.8 Å². The smallest absolute Gasteiger partial charge is 0.230 e. The van der Waals surface area contributed by atoms with Gasteiger partial charge in [-0.05, 0) is 26.1 Å². The zero-order chi connectivity index (χ0) is 23.5. The van der Waals surface area contributed by atoms with Crippen LogP contribution in [0.4, 0.5) is 16.4 Å². The molecule has 8 nitrogen and oxygen atoms in total. The molecule has 12 heteroatoms. The van der Waals surface area contributed by atoms with E-state index in [2.05, 4.69) is 35.9 Å². The van der Waals surface area contributed by atoms with Gasteiger partial charge in [-0.3, -0.25) is 9.59 Å². The van der Waals surface area contributed by atoms with E-state index in [1.807, 2.05) is 18.2 Å². The molecule has 3 aliphatic rings. The number of nitrogens with zero attached hydrogens (tertiary/aromatic N) is 5.